The van der Waals surface area contributed by atoms with Crippen molar-refractivity contribution < 1.29 is 26.4 Å². The summed E-state index contributed by atoms with van der Waals surface area (Å²) in [5.41, 5.74) is 1.60. The van der Waals surface area contributed by atoms with Crippen molar-refractivity contribution in [3.8, 4) is 0 Å². The number of alkyl halides is 3. The molecule has 0 saturated carbocycles. The molecule has 6 nitrogen and oxygen atoms in total. The lowest BCUT2D eigenvalue weighted by Gasteiger charge is -2.22. The quantitative estimate of drug-likeness (QED) is 0.305. The predicted octanol–water partition coefficient (Wildman–Crippen LogP) is 5.58. The molecule has 1 aliphatic heterocycles. The van der Waals surface area contributed by atoms with Crippen LogP contribution < -0.4 is 0 Å². The maximum Gasteiger partial charge on any atom is 0.416 e. The van der Waals surface area contributed by atoms with E-state index in [-0.39, 0.29) is 16.6 Å². The van der Waals surface area contributed by atoms with Gasteiger partial charge in [-0.25, -0.2) is 8.42 Å². The number of amides is 1. The number of fused-ring (bicyclic) bond motifs is 1. The van der Waals surface area contributed by atoms with Gasteiger partial charge >= 0.3 is 6.18 Å². The number of pyridine rings is 1. The summed E-state index contributed by atoms with van der Waals surface area (Å²) in [5, 5.41) is 0.750. The number of benzene rings is 3. The Balaban J connectivity index is 1.20. The van der Waals surface area contributed by atoms with Gasteiger partial charge in [-0.3, -0.25) is 14.7 Å². The van der Waals surface area contributed by atoms with Crippen molar-refractivity contribution >= 4 is 26.6 Å². The fraction of sp³-hybridized carbons (Fsp3) is 0.267. The molecule has 0 aliphatic carbocycles. The molecule has 2 heterocycles. The first-order valence-corrected chi connectivity index (χ1v) is 14.6. The van der Waals surface area contributed by atoms with E-state index in [4.69, 9.17) is 0 Å². The number of rotatable bonds is 6. The molecular weight excluding hydrogens is 539 g/mol. The molecule has 1 aliphatic rings. The van der Waals surface area contributed by atoms with Crippen LogP contribution in [0, 0.1) is 0 Å². The van der Waals surface area contributed by atoms with E-state index >= 15 is 0 Å². The molecule has 0 bridgehead atoms. The van der Waals surface area contributed by atoms with Gasteiger partial charge in [-0.15, -0.1) is 0 Å². The first-order valence-electron chi connectivity index (χ1n) is 12.9. The van der Waals surface area contributed by atoms with Gasteiger partial charge in [0.25, 0.3) is 5.91 Å². The number of sulfone groups is 1. The molecule has 4 aromatic rings. The molecule has 0 N–H and O–H groups in total. The molecule has 1 fully saturated rings. The lowest BCUT2D eigenvalue weighted by molar-refractivity contribution is -0.137. The molecular formula is C30H28F3N3O3S. The third-order valence-electron chi connectivity index (χ3n) is 7.05. The number of hydrogen-bond donors (Lipinski definition) is 0. The maximum absolute atomic E-state index is 13.2. The highest BCUT2D eigenvalue weighted by molar-refractivity contribution is 7.90. The van der Waals surface area contributed by atoms with Crippen LogP contribution in [0.3, 0.4) is 0 Å². The van der Waals surface area contributed by atoms with E-state index in [1.807, 2.05) is 12.1 Å². The fourth-order valence-corrected chi connectivity index (χ4v) is 6.48. The summed E-state index contributed by atoms with van der Waals surface area (Å²) in [5.74, 6) is -0.344. The van der Waals surface area contributed by atoms with Crippen molar-refractivity contribution in [2.45, 2.75) is 29.8 Å². The van der Waals surface area contributed by atoms with Crippen LogP contribution >= 0.6 is 0 Å². The number of nitrogens with zero attached hydrogens (tertiary/aromatic N) is 3. The molecule has 0 radical (unpaired) electrons. The summed E-state index contributed by atoms with van der Waals surface area (Å²) in [4.78, 5) is 21.5. The summed E-state index contributed by atoms with van der Waals surface area (Å²) >= 11 is 0. The average Bonchev–Trinajstić information content (AvgIpc) is 3.18. The van der Waals surface area contributed by atoms with Crippen LogP contribution in [-0.2, 0) is 28.3 Å². The van der Waals surface area contributed by atoms with Gasteiger partial charge in [-0.1, -0.05) is 42.5 Å². The van der Waals surface area contributed by atoms with Crippen LogP contribution in [0.2, 0.25) is 0 Å². The Labute approximate surface area is 231 Å². The van der Waals surface area contributed by atoms with Crippen molar-refractivity contribution in [3.63, 3.8) is 0 Å². The third-order valence-corrected chi connectivity index (χ3v) is 8.76. The summed E-state index contributed by atoms with van der Waals surface area (Å²) in [6.45, 7) is 2.89. The van der Waals surface area contributed by atoms with Gasteiger partial charge in [-0.2, -0.15) is 13.2 Å². The highest BCUT2D eigenvalue weighted by atomic mass is 32.2. The number of para-hydroxylation sites is 1. The van der Waals surface area contributed by atoms with Crippen molar-refractivity contribution in [3.05, 3.63) is 107 Å². The molecule has 40 heavy (non-hydrogen) atoms. The fourth-order valence-electron chi connectivity index (χ4n) is 4.94. The van der Waals surface area contributed by atoms with Crippen molar-refractivity contribution in [2.75, 3.05) is 26.2 Å². The summed E-state index contributed by atoms with van der Waals surface area (Å²) in [7, 11) is -3.66. The number of halogens is 3. The Morgan fingerprint density at radius 1 is 0.825 bits per heavy atom. The Hall–Kier alpha value is -3.76. The second kappa shape index (κ2) is 11.4. The molecule has 208 valence electrons. The summed E-state index contributed by atoms with van der Waals surface area (Å²) < 4.78 is 64.8. The Bertz CT molecular complexity index is 1600. The average molecular weight is 568 g/mol. The SMILES string of the molecule is O=C(c1ccc(CS(=O)(=O)c2cccc3cccnc23)cc1)N1CCCN(Cc2ccc(C(F)(F)F)cc2)CC1. The highest BCUT2D eigenvalue weighted by Crippen LogP contribution is 2.29. The minimum atomic E-state index is -4.36. The minimum Gasteiger partial charge on any atom is -0.337 e. The monoisotopic (exact) mass is 567 g/mol. The third kappa shape index (κ3) is 6.34. The minimum absolute atomic E-state index is 0.135. The van der Waals surface area contributed by atoms with E-state index in [1.165, 1.54) is 12.1 Å². The molecule has 3 aromatic carbocycles. The molecule has 1 saturated heterocycles. The normalized spacial score (nSPS) is 15.2. The second-order valence-corrected chi connectivity index (χ2v) is 11.9. The second-order valence-electron chi connectivity index (χ2n) is 9.90. The van der Waals surface area contributed by atoms with E-state index in [1.54, 1.807) is 53.6 Å². The predicted molar refractivity (Wildman–Crippen MR) is 146 cm³/mol. The molecule has 0 unspecified atom stereocenters. The van der Waals surface area contributed by atoms with Gasteiger partial charge in [0, 0.05) is 49.9 Å². The lowest BCUT2D eigenvalue weighted by Crippen LogP contribution is -2.35. The lowest BCUT2D eigenvalue weighted by atomic mass is 10.1. The van der Waals surface area contributed by atoms with E-state index < -0.39 is 21.6 Å². The van der Waals surface area contributed by atoms with Crippen LogP contribution in [0.1, 0.15) is 33.5 Å². The number of hydrogen-bond acceptors (Lipinski definition) is 5. The van der Waals surface area contributed by atoms with Gasteiger partial charge in [0.1, 0.15) is 0 Å². The number of aromatic nitrogens is 1. The summed E-state index contributed by atoms with van der Waals surface area (Å²) in [6, 6.07) is 20.5. The smallest absolute Gasteiger partial charge is 0.337 e. The molecule has 1 aromatic heterocycles. The summed E-state index contributed by atoms with van der Waals surface area (Å²) in [6.07, 6.45) is -2.05. The zero-order valence-corrected chi connectivity index (χ0v) is 22.5. The number of carbonyl (C=O) groups is 1. The first kappa shape index (κ1) is 27.8. The van der Waals surface area contributed by atoms with E-state index in [0.29, 0.717) is 42.8 Å². The highest BCUT2D eigenvalue weighted by Gasteiger charge is 2.30. The van der Waals surface area contributed by atoms with Crippen LogP contribution in [0.5, 0.6) is 0 Å². The van der Waals surface area contributed by atoms with Crippen molar-refractivity contribution in [2.24, 2.45) is 0 Å². The van der Waals surface area contributed by atoms with E-state index in [0.717, 1.165) is 36.0 Å². The van der Waals surface area contributed by atoms with Gasteiger partial charge in [0.2, 0.25) is 0 Å². The molecule has 1 amide bonds. The van der Waals surface area contributed by atoms with Crippen LogP contribution in [-0.4, -0.2) is 55.3 Å². The molecule has 5 rings (SSSR count). The van der Waals surface area contributed by atoms with E-state index in [2.05, 4.69) is 9.88 Å². The maximum atomic E-state index is 13.2. The van der Waals surface area contributed by atoms with Crippen molar-refractivity contribution in [1.82, 2.24) is 14.8 Å². The van der Waals surface area contributed by atoms with Gasteiger partial charge in [0.05, 0.1) is 21.7 Å². The Kier molecular flexibility index (Phi) is 7.91. The van der Waals surface area contributed by atoms with E-state index in [9.17, 15) is 26.4 Å². The standard InChI is InChI=1S/C30H28F3N3O3S/c31-30(32,33)26-13-9-22(10-14-26)20-35-16-3-17-36(19-18-35)29(37)25-11-7-23(8-12-25)21-40(38,39)27-6-1-4-24-5-2-15-34-28(24)27/h1-2,4-15H,3,16-21H2. The van der Waals surface area contributed by atoms with Crippen molar-refractivity contribution in [1.29, 1.82) is 0 Å². The largest absolute Gasteiger partial charge is 0.416 e. The molecule has 0 spiro atoms. The van der Waals surface area contributed by atoms with Crippen LogP contribution in [0.25, 0.3) is 10.9 Å². The van der Waals surface area contributed by atoms with Gasteiger partial charge in [-0.05, 0) is 53.9 Å². The zero-order chi connectivity index (χ0) is 28.3. The molecule has 0 atom stereocenters. The topological polar surface area (TPSA) is 70.6 Å². The number of carbonyl (C=O) groups excluding carboxylic acids is 1. The zero-order valence-electron chi connectivity index (χ0n) is 21.6. The van der Waals surface area contributed by atoms with Gasteiger partial charge < -0.3 is 4.90 Å². The molecule has 10 heteroatoms. The Morgan fingerprint density at radius 3 is 2.25 bits per heavy atom. The Morgan fingerprint density at radius 2 is 1.52 bits per heavy atom. The van der Waals surface area contributed by atoms with Gasteiger partial charge in [0.15, 0.2) is 9.84 Å². The van der Waals surface area contributed by atoms with Crippen LogP contribution in [0.15, 0.2) is 90.0 Å². The van der Waals surface area contributed by atoms with Crippen LogP contribution in [0.4, 0.5) is 13.2 Å². The first-order chi connectivity index (χ1) is 19.1.